The highest BCUT2D eigenvalue weighted by molar-refractivity contribution is 5.70. The molecule has 0 heterocycles. The van der Waals surface area contributed by atoms with Crippen molar-refractivity contribution in [3.8, 4) is 0 Å². The monoisotopic (exact) mass is 923 g/mol. The fraction of sp³-hybridized carbons (Fsp3) is 0.803. The first-order valence-corrected chi connectivity index (χ1v) is 28.8. The molecule has 0 rings (SSSR count). The van der Waals surface area contributed by atoms with Gasteiger partial charge >= 0.3 is 11.9 Å². The normalized spacial score (nSPS) is 12.6. The lowest BCUT2D eigenvalue weighted by Gasteiger charge is -2.15. The van der Waals surface area contributed by atoms with Gasteiger partial charge in [0.1, 0.15) is 6.61 Å². The third kappa shape index (κ3) is 54.2. The number of esters is 2. The van der Waals surface area contributed by atoms with Crippen LogP contribution >= 0.6 is 0 Å². The first kappa shape index (κ1) is 63.6. The SMILES string of the molecule is CC/C=C\C/C=C\C/C=C\C/C=C\C/C=C\CCCCCCCCCC(=O)OC(CO)COC(=O)CCCCCCCCCCCCCCCCCCCCCCCCCCCCCCC. The lowest BCUT2D eigenvalue weighted by atomic mass is 10.0. The molecule has 5 heteroatoms. The summed E-state index contributed by atoms with van der Waals surface area (Å²) < 4.78 is 10.7. The van der Waals surface area contributed by atoms with Crippen molar-refractivity contribution in [1.29, 1.82) is 0 Å². The molecule has 1 N–H and O–H groups in total. The van der Waals surface area contributed by atoms with Crippen LogP contribution in [0.25, 0.3) is 0 Å². The third-order valence-corrected chi connectivity index (χ3v) is 12.8. The lowest BCUT2D eigenvalue weighted by Crippen LogP contribution is -2.28. The van der Waals surface area contributed by atoms with Gasteiger partial charge in [0, 0.05) is 12.8 Å². The molecule has 1 unspecified atom stereocenters. The van der Waals surface area contributed by atoms with E-state index in [1.165, 1.54) is 193 Å². The molecule has 0 aromatic carbocycles. The van der Waals surface area contributed by atoms with Crippen molar-refractivity contribution in [2.45, 2.75) is 302 Å². The van der Waals surface area contributed by atoms with Gasteiger partial charge in [-0.05, 0) is 57.8 Å². The molecule has 1 atom stereocenters. The smallest absolute Gasteiger partial charge is 0.306 e. The van der Waals surface area contributed by atoms with Gasteiger partial charge < -0.3 is 14.6 Å². The summed E-state index contributed by atoms with van der Waals surface area (Å²) in [7, 11) is 0. The number of hydrogen-bond acceptors (Lipinski definition) is 5. The molecule has 0 saturated carbocycles. The topological polar surface area (TPSA) is 72.8 Å². The Morgan fingerprint density at radius 2 is 0.652 bits per heavy atom. The second-order valence-corrected chi connectivity index (χ2v) is 19.3. The molecule has 0 aliphatic rings. The molecule has 5 nitrogen and oxygen atoms in total. The number of unbranched alkanes of at least 4 members (excludes halogenated alkanes) is 35. The zero-order valence-corrected chi connectivity index (χ0v) is 44.0. The molecule has 0 amide bonds. The Labute approximate surface area is 411 Å². The molecule has 0 aromatic heterocycles. The quantitative estimate of drug-likeness (QED) is 0.0374. The largest absolute Gasteiger partial charge is 0.462 e. The highest BCUT2D eigenvalue weighted by Crippen LogP contribution is 2.17. The summed E-state index contributed by atoms with van der Waals surface area (Å²) in [5.41, 5.74) is 0. The number of rotatable bonds is 53. The summed E-state index contributed by atoms with van der Waals surface area (Å²) in [6, 6.07) is 0. The van der Waals surface area contributed by atoms with Gasteiger partial charge in [0.05, 0.1) is 6.61 Å². The average Bonchev–Trinajstić information content (AvgIpc) is 3.32. The fourth-order valence-corrected chi connectivity index (χ4v) is 8.53. The summed E-state index contributed by atoms with van der Waals surface area (Å²) in [5, 5.41) is 9.65. The molecule has 0 spiro atoms. The number of aliphatic hydroxyl groups is 1. The van der Waals surface area contributed by atoms with Crippen LogP contribution in [0.1, 0.15) is 296 Å². The van der Waals surface area contributed by atoms with E-state index in [2.05, 4.69) is 74.6 Å². The Hall–Kier alpha value is -2.40. The van der Waals surface area contributed by atoms with Gasteiger partial charge in [0.2, 0.25) is 0 Å². The van der Waals surface area contributed by atoms with Crippen LogP contribution in [0.2, 0.25) is 0 Å². The summed E-state index contributed by atoms with van der Waals surface area (Å²) >= 11 is 0. The predicted molar refractivity (Wildman–Crippen MR) is 288 cm³/mol. The Balaban J connectivity index is 3.46. The molecule has 0 radical (unpaired) electrons. The summed E-state index contributed by atoms with van der Waals surface area (Å²) in [6.07, 6.45) is 76.3. The zero-order chi connectivity index (χ0) is 47.7. The molecular formula is C61H110O5. The second kappa shape index (κ2) is 56.9. The van der Waals surface area contributed by atoms with Crippen LogP contribution in [0.5, 0.6) is 0 Å². The van der Waals surface area contributed by atoms with Gasteiger partial charge in [0.25, 0.3) is 0 Å². The molecule has 384 valence electrons. The Bertz CT molecular complexity index is 1130. The second-order valence-electron chi connectivity index (χ2n) is 19.3. The van der Waals surface area contributed by atoms with Gasteiger partial charge in [-0.3, -0.25) is 9.59 Å². The average molecular weight is 924 g/mol. The molecular weight excluding hydrogens is 813 g/mol. The summed E-state index contributed by atoms with van der Waals surface area (Å²) in [6.45, 7) is 4.06. The standard InChI is InChI=1S/C61H110O5/c1-3-5-7-9-11-13-15-17-19-21-23-25-27-28-29-30-31-32-34-35-37-39-41-43-45-47-49-51-53-55-60(63)65-58-59(57-62)66-61(64)56-54-52-50-48-46-44-42-40-38-36-33-26-24-22-20-18-16-14-12-10-8-6-4-2/h6,8,12,14,18,20,24,26,36,38,59,62H,3-5,7,9-11,13,15-17,19,21-23,25,27-35,37,39-58H2,1-2H3/b8-6-,14-12-,20-18-,26-24-,38-36-. The van der Waals surface area contributed by atoms with E-state index in [4.69, 9.17) is 9.47 Å². The maximum Gasteiger partial charge on any atom is 0.306 e. The van der Waals surface area contributed by atoms with E-state index in [0.29, 0.717) is 12.8 Å². The van der Waals surface area contributed by atoms with Crippen molar-refractivity contribution in [3.05, 3.63) is 60.8 Å². The molecule has 0 aromatic rings. The first-order chi connectivity index (χ1) is 32.6. The maximum absolute atomic E-state index is 12.3. The Morgan fingerprint density at radius 1 is 0.364 bits per heavy atom. The third-order valence-electron chi connectivity index (χ3n) is 12.8. The van der Waals surface area contributed by atoms with Crippen molar-refractivity contribution in [1.82, 2.24) is 0 Å². The van der Waals surface area contributed by atoms with E-state index in [1.54, 1.807) is 0 Å². The van der Waals surface area contributed by atoms with E-state index in [9.17, 15) is 14.7 Å². The minimum absolute atomic E-state index is 0.0692. The van der Waals surface area contributed by atoms with Crippen LogP contribution < -0.4 is 0 Å². The van der Waals surface area contributed by atoms with Gasteiger partial charge in [-0.2, -0.15) is 0 Å². The Morgan fingerprint density at radius 3 is 0.985 bits per heavy atom. The van der Waals surface area contributed by atoms with Crippen molar-refractivity contribution in [3.63, 3.8) is 0 Å². The van der Waals surface area contributed by atoms with E-state index < -0.39 is 6.10 Å². The number of carbonyl (C=O) groups excluding carboxylic acids is 2. The fourth-order valence-electron chi connectivity index (χ4n) is 8.53. The van der Waals surface area contributed by atoms with Crippen LogP contribution in [0.15, 0.2) is 60.8 Å². The molecule has 0 bridgehead atoms. The predicted octanol–water partition coefficient (Wildman–Crippen LogP) is 19.4. The van der Waals surface area contributed by atoms with E-state index >= 15 is 0 Å². The number of ether oxygens (including phenoxy) is 2. The van der Waals surface area contributed by atoms with Crippen molar-refractivity contribution < 1.29 is 24.2 Å². The summed E-state index contributed by atoms with van der Waals surface area (Å²) in [5.74, 6) is -0.592. The van der Waals surface area contributed by atoms with Crippen LogP contribution in [0.3, 0.4) is 0 Å². The summed E-state index contributed by atoms with van der Waals surface area (Å²) in [4.78, 5) is 24.5. The van der Waals surface area contributed by atoms with E-state index in [1.807, 2.05) is 0 Å². The minimum Gasteiger partial charge on any atom is -0.462 e. The number of aliphatic hydroxyl groups excluding tert-OH is 1. The van der Waals surface area contributed by atoms with Gasteiger partial charge in [-0.15, -0.1) is 0 Å². The number of carbonyl (C=O) groups is 2. The van der Waals surface area contributed by atoms with Crippen LogP contribution in [0.4, 0.5) is 0 Å². The highest BCUT2D eigenvalue weighted by Gasteiger charge is 2.16. The minimum atomic E-state index is -0.780. The molecule has 0 saturated heterocycles. The zero-order valence-electron chi connectivity index (χ0n) is 44.0. The number of hydrogen-bond donors (Lipinski definition) is 1. The maximum atomic E-state index is 12.3. The molecule has 0 aliphatic heterocycles. The molecule has 0 fully saturated rings. The first-order valence-electron chi connectivity index (χ1n) is 28.8. The van der Waals surface area contributed by atoms with Gasteiger partial charge in [0.15, 0.2) is 6.10 Å². The van der Waals surface area contributed by atoms with E-state index in [0.717, 1.165) is 77.0 Å². The van der Waals surface area contributed by atoms with Crippen LogP contribution in [-0.2, 0) is 19.1 Å². The van der Waals surface area contributed by atoms with Crippen molar-refractivity contribution in [2.75, 3.05) is 13.2 Å². The van der Waals surface area contributed by atoms with Crippen molar-refractivity contribution >= 4 is 11.9 Å². The van der Waals surface area contributed by atoms with E-state index in [-0.39, 0.29) is 25.2 Å². The number of allylic oxidation sites excluding steroid dienone is 10. The van der Waals surface area contributed by atoms with Crippen LogP contribution in [0, 0.1) is 0 Å². The van der Waals surface area contributed by atoms with Crippen molar-refractivity contribution in [2.24, 2.45) is 0 Å². The lowest BCUT2D eigenvalue weighted by molar-refractivity contribution is -0.161. The molecule has 0 aliphatic carbocycles. The van der Waals surface area contributed by atoms with Gasteiger partial charge in [-0.25, -0.2) is 0 Å². The van der Waals surface area contributed by atoms with Crippen LogP contribution in [-0.4, -0.2) is 36.4 Å². The molecule has 66 heavy (non-hydrogen) atoms. The highest BCUT2D eigenvalue weighted by atomic mass is 16.6. The van der Waals surface area contributed by atoms with Gasteiger partial charge in [-0.1, -0.05) is 286 Å². The Kier molecular flexibility index (Phi) is 54.9.